The van der Waals surface area contributed by atoms with Gasteiger partial charge in [-0.05, 0) is 28.7 Å². The second kappa shape index (κ2) is 4.63. The summed E-state index contributed by atoms with van der Waals surface area (Å²) in [5.74, 6) is 0.197. The minimum atomic E-state index is -0.484. The maximum Gasteiger partial charge on any atom is 0.351 e. The number of benzene rings is 1. The molecule has 0 saturated heterocycles. The van der Waals surface area contributed by atoms with Crippen molar-refractivity contribution in [2.75, 3.05) is 7.11 Å². The van der Waals surface area contributed by atoms with Crippen molar-refractivity contribution in [1.29, 1.82) is 0 Å². The summed E-state index contributed by atoms with van der Waals surface area (Å²) in [6.07, 6.45) is -0.447. The van der Waals surface area contributed by atoms with Gasteiger partial charge in [0.2, 0.25) is 0 Å². The summed E-state index contributed by atoms with van der Waals surface area (Å²) >= 11 is 7.83. The average molecular weight is 351 g/mol. The molecule has 1 aliphatic rings. The monoisotopic (exact) mass is 350 g/mol. The van der Waals surface area contributed by atoms with Crippen molar-refractivity contribution in [2.24, 2.45) is 0 Å². The molecule has 0 aromatic heterocycles. The Morgan fingerprint density at radius 3 is 2.69 bits per heavy atom. The Morgan fingerprint density at radius 1 is 1.44 bits per heavy atom. The second-order valence-corrected chi connectivity index (χ2v) is 4.73. The van der Waals surface area contributed by atoms with Crippen molar-refractivity contribution in [1.82, 2.24) is 0 Å². The molecular weight excluding hydrogens is 342 g/mol. The zero-order chi connectivity index (χ0) is 11.7. The van der Waals surface area contributed by atoms with Crippen LogP contribution in [0.2, 0.25) is 0 Å². The third kappa shape index (κ3) is 1.91. The van der Waals surface area contributed by atoms with Crippen molar-refractivity contribution in [2.45, 2.75) is 6.10 Å². The summed E-state index contributed by atoms with van der Waals surface area (Å²) in [6, 6.07) is 7.39. The molecule has 0 saturated carbocycles. The first-order chi connectivity index (χ1) is 7.65. The zero-order valence-electron chi connectivity index (χ0n) is 8.37. The van der Waals surface area contributed by atoms with E-state index in [2.05, 4.69) is 0 Å². The lowest BCUT2D eigenvalue weighted by Gasteiger charge is -2.14. The number of ether oxygens (including phenoxy) is 2. The Labute approximate surface area is 112 Å². The summed E-state index contributed by atoms with van der Waals surface area (Å²) in [5, 5.41) is 0.150. The van der Waals surface area contributed by atoms with Crippen LogP contribution in [0.3, 0.4) is 0 Å². The van der Waals surface area contributed by atoms with Gasteiger partial charge in [-0.15, -0.1) is 0 Å². The summed E-state index contributed by atoms with van der Waals surface area (Å²) in [7, 11) is 1.58. The Morgan fingerprint density at radius 2 is 2.12 bits per heavy atom. The number of carbonyl (C=O) groups excluding carboxylic acids is 1. The van der Waals surface area contributed by atoms with Crippen LogP contribution in [0.4, 0.5) is 0 Å². The lowest BCUT2D eigenvalue weighted by Crippen LogP contribution is -2.03. The number of esters is 1. The molecule has 0 spiro atoms. The molecule has 3 nitrogen and oxygen atoms in total. The number of cyclic esters (lactones) is 1. The number of carbonyl (C=O) groups is 1. The number of methoxy groups -OCH3 is 1. The molecule has 2 rings (SSSR count). The summed E-state index contributed by atoms with van der Waals surface area (Å²) < 4.78 is 11.1. The Hall–Kier alpha value is -0.750. The van der Waals surface area contributed by atoms with Crippen molar-refractivity contribution in [3.05, 3.63) is 38.4 Å². The minimum absolute atomic E-state index is 0.150. The van der Waals surface area contributed by atoms with Gasteiger partial charge in [0.1, 0.15) is 10.8 Å². The molecular formula is C11H8ClIO3. The molecule has 1 aromatic rings. The Kier molecular flexibility index (Phi) is 3.39. The fourth-order valence-electron chi connectivity index (χ4n) is 1.51. The molecule has 1 aromatic carbocycles. The second-order valence-electron chi connectivity index (χ2n) is 3.19. The van der Waals surface area contributed by atoms with E-state index < -0.39 is 12.1 Å². The van der Waals surface area contributed by atoms with Crippen molar-refractivity contribution in [3.63, 3.8) is 0 Å². The fourth-order valence-corrected chi connectivity index (χ4v) is 2.33. The van der Waals surface area contributed by atoms with Crippen LogP contribution in [-0.2, 0) is 9.53 Å². The molecule has 0 amide bonds. The van der Waals surface area contributed by atoms with Gasteiger partial charge in [-0.1, -0.05) is 29.8 Å². The van der Waals surface area contributed by atoms with Crippen LogP contribution in [0.5, 0.6) is 5.75 Å². The van der Waals surface area contributed by atoms with E-state index in [9.17, 15) is 4.79 Å². The van der Waals surface area contributed by atoms with E-state index in [1.165, 1.54) is 0 Å². The van der Waals surface area contributed by atoms with E-state index in [1.807, 2.05) is 46.9 Å². The van der Waals surface area contributed by atoms with Crippen molar-refractivity contribution < 1.29 is 14.3 Å². The maximum absolute atomic E-state index is 11.3. The Bertz CT molecular complexity index is 470. The Balaban J connectivity index is 2.44. The number of hydrogen-bond donors (Lipinski definition) is 0. The van der Waals surface area contributed by atoms with Gasteiger partial charge in [0, 0.05) is 5.56 Å². The van der Waals surface area contributed by atoms with Crippen molar-refractivity contribution in [3.8, 4) is 5.75 Å². The minimum Gasteiger partial charge on any atom is -0.496 e. The maximum atomic E-state index is 11.3. The van der Waals surface area contributed by atoms with Gasteiger partial charge in [0.05, 0.1) is 10.7 Å². The van der Waals surface area contributed by atoms with Gasteiger partial charge in [0.25, 0.3) is 0 Å². The topological polar surface area (TPSA) is 35.5 Å². The lowest BCUT2D eigenvalue weighted by atomic mass is 10.1. The molecule has 0 bridgehead atoms. The molecule has 0 N–H and O–H groups in total. The smallest absolute Gasteiger partial charge is 0.351 e. The van der Waals surface area contributed by atoms with Gasteiger partial charge in [-0.25, -0.2) is 4.79 Å². The quantitative estimate of drug-likeness (QED) is 0.607. The van der Waals surface area contributed by atoms with Crippen LogP contribution in [-0.4, -0.2) is 13.1 Å². The lowest BCUT2D eigenvalue weighted by molar-refractivity contribution is -0.139. The number of rotatable bonds is 2. The predicted octanol–water partition coefficient (Wildman–Crippen LogP) is 3.18. The summed E-state index contributed by atoms with van der Waals surface area (Å²) in [6.45, 7) is 0. The van der Waals surface area contributed by atoms with E-state index >= 15 is 0 Å². The van der Waals surface area contributed by atoms with Crippen LogP contribution < -0.4 is 4.74 Å². The molecule has 84 valence electrons. The van der Waals surface area contributed by atoms with Crippen LogP contribution in [0.15, 0.2) is 32.9 Å². The third-order valence-corrected chi connectivity index (χ3v) is 4.05. The van der Waals surface area contributed by atoms with E-state index in [0.29, 0.717) is 9.33 Å². The fraction of sp³-hybridized carbons (Fsp3) is 0.182. The van der Waals surface area contributed by atoms with E-state index in [0.717, 1.165) is 5.56 Å². The van der Waals surface area contributed by atoms with E-state index in [4.69, 9.17) is 21.1 Å². The van der Waals surface area contributed by atoms with Crippen LogP contribution in [0, 0.1) is 0 Å². The molecule has 0 fully saturated rings. The highest BCUT2D eigenvalue weighted by Gasteiger charge is 2.34. The molecule has 1 atom stereocenters. The highest BCUT2D eigenvalue weighted by atomic mass is 127. The van der Waals surface area contributed by atoms with Crippen molar-refractivity contribution >= 4 is 40.2 Å². The van der Waals surface area contributed by atoms with Crippen LogP contribution >= 0.6 is 34.2 Å². The highest BCUT2D eigenvalue weighted by molar-refractivity contribution is 14.1. The third-order valence-electron chi connectivity index (χ3n) is 2.27. The molecule has 16 heavy (non-hydrogen) atoms. The van der Waals surface area contributed by atoms with Gasteiger partial charge in [-0.3, -0.25) is 0 Å². The largest absolute Gasteiger partial charge is 0.496 e. The van der Waals surface area contributed by atoms with Gasteiger partial charge in [0.15, 0.2) is 6.10 Å². The summed E-state index contributed by atoms with van der Waals surface area (Å²) in [4.78, 5) is 11.3. The molecule has 0 aliphatic carbocycles. The summed E-state index contributed by atoms with van der Waals surface area (Å²) in [5.41, 5.74) is 0.804. The standard InChI is InChI=1S/C11H8ClIO3/c1-15-7-5-3-2-4-6(7)10-9(13)8(12)11(14)16-10/h2-5,10H,1H3. The van der Waals surface area contributed by atoms with Gasteiger partial charge >= 0.3 is 5.97 Å². The van der Waals surface area contributed by atoms with Crippen LogP contribution in [0.25, 0.3) is 0 Å². The number of para-hydroxylation sites is 1. The SMILES string of the molecule is COc1ccccc1C1OC(=O)C(Cl)=C1I. The highest BCUT2D eigenvalue weighted by Crippen LogP contribution is 2.43. The van der Waals surface area contributed by atoms with E-state index in [1.54, 1.807) is 7.11 Å². The predicted molar refractivity (Wildman–Crippen MR) is 68.7 cm³/mol. The first kappa shape index (κ1) is 11.7. The first-order valence-electron chi connectivity index (χ1n) is 4.54. The molecule has 0 radical (unpaired) electrons. The number of halogens is 2. The normalized spacial score (nSPS) is 19.9. The molecule has 1 unspecified atom stereocenters. The zero-order valence-corrected chi connectivity index (χ0v) is 11.3. The average Bonchev–Trinajstić information content (AvgIpc) is 2.57. The van der Waals surface area contributed by atoms with Gasteiger partial charge < -0.3 is 9.47 Å². The van der Waals surface area contributed by atoms with E-state index in [-0.39, 0.29) is 5.03 Å². The molecule has 1 aliphatic heterocycles. The van der Waals surface area contributed by atoms with Crippen LogP contribution in [0.1, 0.15) is 11.7 Å². The number of hydrogen-bond acceptors (Lipinski definition) is 3. The van der Waals surface area contributed by atoms with Gasteiger partial charge in [-0.2, -0.15) is 0 Å². The first-order valence-corrected chi connectivity index (χ1v) is 6.00. The molecule has 1 heterocycles. The molecule has 5 heteroatoms.